The fourth-order valence-corrected chi connectivity index (χ4v) is 7.74. The van der Waals surface area contributed by atoms with Crippen molar-refractivity contribution in [3.63, 3.8) is 0 Å². The van der Waals surface area contributed by atoms with Crippen molar-refractivity contribution >= 4 is 11.6 Å². The van der Waals surface area contributed by atoms with E-state index in [1.807, 2.05) is 0 Å². The molecule has 0 saturated heterocycles. The van der Waals surface area contributed by atoms with Crippen LogP contribution in [0.1, 0.15) is 90.9 Å². The van der Waals surface area contributed by atoms with Crippen LogP contribution in [0.25, 0.3) is 0 Å². The molecule has 0 heterocycles. The molecule has 0 radical (unpaired) electrons. The maximum Gasteiger partial charge on any atom is 0.122 e. The molecular weight excluding hydrogens is 319 g/mol. The van der Waals surface area contributed by atoms with Crippen LogP contribution in [0.3, 0.4) is 0 Å². The van der Waals surface area contributed by atoms with Crippen LogP contribution in [0.2, 0.25) is 0 Å². The molecule has 0 spiro atoms. The molecule has 0 amide bonds. The highest BCUT2D eigenvalue weighted by Crippen LogP contribution is 2.64. The van der Waals surface area contributed by atoms with Crippen LogP contribution in [0.15, 0.2) is 0 Å². The Labute approximate surface area is 153 Å². The molecule has 5 aliphatic rings. The Morgan fingerprint density at radius 2 is 1.29 bits per heavy atom. The van der Waals surface area contributed by atoms with Crippen molar-refractivity contribution in [1.82, 2.24) is 0 Å². The fraction of sp³-hybridized carbons (Fsp3) is 1.00. The van der Waals surface area contributed by atoms with Gasteiger partial charge in [0.05, 0.1) is 5.38 Å². The highest BCUT2D eigenvalue weighted by Gasteiger charge is 2.61. The summed E-state index contributed by atoms with van der Waals surface area (Å²) in [5.74, 6) is 3.59. The topological polar surface area (TPSA) is 0 Å². The number of fused-ring (bicyclic) bond motifs is 3. The smallest absolute Gasteiger partial charge is 0.122 e. The van der Waals surface area contributed by atoms with Crippen LogP contribution in [0.4, 0.5) is 4.39 Å². The molecule has 138 valence electrons. The standard InChI is InChI=1S/C22H36ClF/c1-15-3-5-16(6-4-15)17-7-9-18(10-8-17)22-13-11-21(2,12-14-22)20(24)19(22)23/h15-20H,3-14H2,1-2H3. The highest BCUT2D eigenvalue weighted by atomic mass is 35.5. The van der Waals surface area contributed by atoms with Crippen molar-refractivity contribution in [2.75, 3.05) is 0 Å². The van der Waals surface area contributed by atoms with Gasteiger partial charge in [-0.1, -0.05) is 26.7 Å². The van der Waals surface area contributed by atoms with E-state index in [9.17, 15) is 4.39 Å². The Morgan fingerprint density at radius 1 is 0.792 bits per heavy atom. The van der Waals surface area contributed by atoms with Crippen LogP contribution in [0.5, 0.6) is 0 Å². The van der Waals surface area contributed by atoms with Gasteiger partial charge in [0.25, 0.3) is 0 Å². The minimum atomic E-state index is -0.778. The van der Waals surface area contributed by atoms with Crippen molar-refractivity contribution in [2.24, 2.45) is 34.5 Å². The summed E-state index contributed by atoms with van der Waals surface area (Å²) in [7, 11) is 0. The molecule has 0 aromatic rings. The third kappa shape index (κ3) is 2.76. The first-order valence-corrected chi connectivity index (χ1v) is 11.2. The van der Waals surface area contributed by atoms with E-state index in [1.165, 1.54) is 64.2 Å². The first-order valence-electron chi connectivity index (χ1n) is 10.7. The zero-order chi connectivity index (χ0) is 16.9. The number of halogens is 2. The summed E-state index contributed by atoms with van der Waals surface area (Å²) in [5, 5.41) is -0.220. The third-order valence-electron chi connectivity index (χ3n) is 9.11. The molecule has 5 saturated carbocycles. The Bertz CT molecular complexity index is 437. The van der Waals surface area contributed by atoms with Gasteiger partial charge in [0.1, 0.15) is 6.17 Å². The third-order valence-corrected chi connectivity index (χ3v) is 9.76. The molecular formula is C22H36ClF. The first kappa shape index (κ1) is 17.6. The van der Waals surface area contributed by atoms with Crippen molar-refractivity contribution in [2.45, 2.75) is 102 Å². The van der Waals surface area contributed by atoms with E-state index < -0.39 is 6.17 Å². The Hall–Kier alpha value is 0.220. The van der Waals surface area contributed by atoms with E-state index in [2.05, 4.69) is 13.8 Å². The lowest BCUT2D eigenvalue weighted by Gasteiger charge is -2.60. The second kappa shape index (κ2) is 6.43. The van der Waals surface area contributed by atoms with Gasteiger partial charge in [-0.15, -0.1) is 11.6 Å². The average molecular weight is 355 g/mol. The van der Waals surface area contributed by atoms with Gasteiger partial charge in [-0.25, -0.2) is 4.39 Å². The second-order valence-corrected chi connectivity index (χ2v) is 10.8. The van der Waals surface area contributed by atoms with Crippen LogP contribution in [0, 0.1) is 34.5 Å². The highest BCUT2D eigenvalue weighted by molar-refractivity contribution is 6.21. The summed E-state index contributed by atoms with van der Waals surface area (Å²) < 4.78 is 14.9. The number of hydrogen-bond donors (Lipinski definition) is 0. The van der Waals surface area contributed by atoms with Gasteiger partial charge in [-0.2, -0.15) is 0 Å². The molecule has 2 atom stereocenters. The zero-order valence-electron chi connectivity index (χ0n) is 15.7. The Morgan fingerprint density at radius 3 is 1.83 bits per heavy atom. The molecule has 2 bridgehead atoms. The zero-order valence-corrected chi connectivity index (χ0v) is 16.5. The van der Waals surface area contributed by atoms with Crippen molar-refractivity contribution in [1.29, 1.82) is 0 Å². The molecule has 0 N–H and O–H groups in total. The molecule has 2 unspecified atom stereocenters. The molecule has 0 nitrogen and oxygen atoms in total. The summed E-state index contributed by atoms with van der Waals surface area (Å²) >= 11 is 6.77. The Balaban J connectivity index is 1.39. The fourth-order valence-electron chi connectivity index (χ4n) is 7.04. The van der Waals surface area contributed by atoms with Gasteiger partial charge < -0.3 is 0 Å². The lowest BCUT2D eigenvalue weighted by Crippen LogP contribution is -2.59. The van der Waals surface area contributed by atoms with Gasteiger partial charge in [-0.05, 0) is 93.3 Å². The van der Waals surface area contributed by atoms with Crippen LogP contribution in [-0.4, -0.2) is 11.5 Å². The molecule has 2 heteroatoms. The van der Waals surface area contributed by atoms with Crippen LogP contribution >= 0.6 is 11.6 Å². The molecule has 0 aromatic carbocycles. The molecule has 0 aliphatic heterocycles. The minimum absolute atomic E-state index is 0.121. The van der Waals surface area contributed by atoms with Crippen molar-refractivity contribution < 1.29 is 4.39 Å². The van der Waals surface area contributed by atoms with E-state index >= 15 is 0 Å². The number of hydrogen-bond acceptors (Lipinski definition) is 0. The summed E-state index contributed by atoms with van der Waals surface area (Å²) in [4.78, 5) is 0. The maximum atomic E-state index is 14.9. The average Bonchev–Trinajstić information content (AvgIpc) is 2.61. The van der Waals surface area contributed by atoms with Gasteiger partial charge in [-0.3, -0.25) is 0 Å². The summed E-state index contributed by atoms with van der Waals surface area (Å²) in [6.07, 6.45) is 15.0. The monoisotopic (exact) mass is 354 g/mol. The largest absolute Gasteiger partial charge is 0.245 e. The van der Waals surface area contributed by atoms with E-state index in [0.717, 1.165) is 30.6 Å². The van der Waals surface area contributed by atoms with Gasteiger partial charge in [0.2, 0.25) is 0 Å². The molecule has 5 aliphatic carbocycles. The van der Waals surface area contributed by atoms with Crippen LogP contribution in [-0.2, 0) is 0 Å². The second-order valence-electron chi connectivity index (χ2n) is 10.3. The Kier molecular flexibility index (Phi) is 4.72. The van der Waals surface area contributed by atoms with Crippen LogP contribution < -0.4 is 0 Å². The van der Waals surface area contributed by atoms with Gasteiger partial charge in [0, 0.05) is 5.41 Å². The van der Waals surface area contributed by atoms with Crippen molar-refractivity contribution in [3.05, 3.63) is 0 Å². The molecule has 24 heavy (non-hydrogen) atoms. The van der Waals surface area contributed by atoms with Crippen molar-refractivity contribution in [3.8, 4) is 0 Å². The minimum Gasteiger partial charge on any atom is -0.245 e. The van der Waals surface area contributed by atoms with E-state index in [1.54, 1.807) is 0 Å². The summed E-state index contributed by atoms with van der Waals surface area (Å²) in [5.41, 5.74) is 0.00887. The SMILES string of the molecule is CC1CCC(C2CCC(C34CCC(C)(CC3)C(F)C4Cl)CC2)CC1. The predicted octanol–water partition coefficient (Wildman–Crippen LogP) is 7.14. The summed E-state index contributed by atoms with van der Waals surface area (Å²) in [6, 6.07) is 0. The predicted molar refractivity (Wildman–Crippen MR) is 100 cm³/mol. The van der Waals surface area contributed by atoms with Gasteiger partial charge in [0.15, 0.2) is 0 Å². The molecule has 0 aromatic heterocycles. The lowest BCUT2D eigenvalue weighted by atomic mass is 9.47. The van der Waals surface area contributed by atoms with E-state index in [4.69, 9.17) is 11.6 Å². The quantitative estimate of drug-likeness (QED) is 0.462. The maximum absolute atomic E-state index is 14.9. The molecule has 5 rings (SSSR count). The van der Waals surface area contributed by atoms with Gasteiger partial charge >= 0.3 is 0 Å². The normalized spacial score (nSPS) is 55.5. The van der Waals surface area contributed by atoms with E-state index in [-0.39, 0.29) is 16.2 Å². The lowest BCUT2D eigenvalue weighted by molar-refractivity contribution is -0.102. The molecule has 5 fully saturated rings. The first-order chi connectivity index (χ1) is 11.4. The summed E-state index contributed by atoms with van der Waals surface area (Å²) in [6.45, 7) is 4.55. The number of alkyl halides is 2. The van der Waals surface area contributed by atoms with E-state index in [0.29, 0.717) is 5.92 Å². The number of rotatable bonds is 2.